The Hall–Kier alpha value is -6.87. The fourth-order valence-corrected chi connectivity index (χ4v) is 8.06. The number of phenols is 2. The first kappa shape index (κ1) is 38.4. The van der Waals surface area contributed by atoms with Crippen molar-refractivity contribution in [1.29, 1.82) is 0 Å². The number of nitrogens with zero attached hydrogens (tertiary/aromatic N) is 1. The third-order valence-corrected chi connectivity index (χ3v) is 10.8. The summed E-state index contributed by atoms with van der Waals surface area (Å²) in [5.41, 5.74) is 5.69. The van der Waals surface area contributed by atoms with Crippen LogP contribution in [0.4, 0.5) is 4.79 Å². The average Bonchev–Trinajstić information content (AvgIpc) is 3.58. The van der Waals surface area contributed by atoms with Crippen molar-refractivity contribution in [3.63, 3.8) is 0 Å². The molecule has 1 aliphatic rings. The van der Waals surface area contributed by atoms with Crippen LogP contribution >= 0.6 is 0 Å². The Kier molecular flexibility index (Phi) is 11.7. The highest BCUT2D eigenvalue weighted by molar-refractivity contribution is 5.88. The normalized spacial score (nSPS) is 12.5. The Morgan fingerprint density at radius 3 is 1.70 bits per heavy atom. The van der Waals surface area contributed by atoms with Crippen LogP contribution in [0.5, 0.6) is 11.5 Å². The second-order valence-corrected chi connectivity index (χ2v) is 14.1. The van der Waals surface area contributed by atoms with Crippen molar-refractivity contribution >= 4 is 17.9 Å². The molecule has 1 atom stereocenters. The van der Waals surface area contributed by atoms with Gasteiger partial charge in [0.05, 0.1) is 0 Å². The summed E-state index contributed by atoms with van der Waals surface area (Å²) in [6.45, 7) is 0.152. The molecule has 9 nitrogen and oxygen atoms in total. The summed E-state index contributed by atoms with van der Waals surface area (Å²) in [4.78, 5) is 44.8. The van der Waals surface area contributed by atoms with Gasteiger partial charge in [0.2, 0.25) is 11.8 Å². The van der Waals surface area contributed by atoms with Crippen LogP contribution in [0.1, 0.15) is 52.1 Å². The van der Waals surface area contributed by atoms with E-state index in [1.54, 1.807) is 6.07 Å². The maximum absolute atomic E-state index is 15.5. The molecule has 6 aromatic rings. The predicted octanol–water partition coefficient (Wildman–Crippen LogP) is 7.89. The molecule has 3 amide bonds. The number of hydrogen-bond acceptors (Lipinski definition) is 6. The molecule has 0 saturated carbocycles. The summed E-state index contributed by atoms with van der Waals surface area (Å²) in [7, 11) is 1.54. The van der Waals surface area contributed by atoms with E-state index >= 15 is 4.79 Å². The van der Waals surface area contributed by atoms with E-state index in [0.717, 1.165) is 22.3 Å². The minimum atomic E-state index is -1.42. The van der Waals surface area contributed by atoms with Gasteiger partial charge in [-0.15, -0.1) is 0 Å². The van der Waals surface area contributed by atoms with Crippen molar-refractivity contribution in [2.45, 2.75) is 36.8 Å². The average molecular weight is 760 g/mol. The highest BCUT2D eigenvalue weighted by Crippen LogP contribution is 2.47. The lowest BCUT2D eigenvalue weighted by Crippen LogP contribution is -2.60. The summed E-state index contributed by atoms with van der Waals surface area (Å²) in [6.07, 6.45) is -0.478. The lowest BCUT2D eigenvalue weighted by Gasteiger charge is -2.48. The topological polar surface area (TPSA) is 128 Å². The molecule has 0 aliphatic heterocycles. The molecule has 0 bridgehead atoms. The molecule has 0 unspecified atom stereocenters. The number of nitrogens with one attached hydrogen (secondary N) is 2. The fourth-order valence-electron chi connectivity index (χ4n) is 8.06. The van der Waals surface area contributed by atoms with E-state index in [9.17, 15) is 19.8 Å². The minimum Gasteiger partial charge on any atom is -0.504 e. The molecule has 0 saturated heterocycles. The Morgan fingerprint density at radius 2 is 1.19 bits per heavy atom. The fraction of sp³-hybridized carbons (Fsp3) is 0.188. The number of fused-ring (bicyclic) bond motifs is 3. The second kappa shape index (κ2) is 17.3. The zero-order valence-corrected chi connectivity index (χ0v) is 31.7. The van der Waals surface area contributed by atoms with Crippen molar-refractivity contribution in [2.24, 2.45) is 0 Å². The van der Waals surface area contributed by atoms with Gasteiger partial charge in [0, 0.05) is 25.9 Å². The van der Waals surface area contributed by atoms with Crippen LogP contribution in [0.3, 0.4) is 0 Å². The molecule has 0 aromatic heterocycles. The van der Waals surface area contributed by atoms with Gasteiger partial charge in [-0.05, 0) is 69.5 Å². The van der Waals surface area contributed by atoms with Crippen LogP contribution in [0.25, 0.3) is 11.1 Å². The number of aromatic hydroxyl groups is 2. The standard InChI is InChI=1S/C48H45N3O6/c1-49-45(54)28-26-42(46(55)50-30-29-33-25-27-43(52)44(53)31-33)51(47(56)57-32-41-39-23-13-11-21-37(39)38-22-12-14-24-40(38)41)48(34-15-5-2-6-16-34,35-17-7-3-8-18-35)36-19-9-4-10-20-36/h2-25,27,31,41-42,52-53H,26,28-30,32H2,1H3,(H,49,54)(H,50,55)/t42-/m0/s1. The van der Waals surface area contributed by atoms with Gasteiger partial charge >= 0.3 is 6.09 Å². The molecule has 6 aromatic carbocycles. The van der Waals surface area contributed by atoms with Crippen molar-refractivity contribution in [2.75, 3.05) is 20.2 Å². The van der Waals surface area contributed by atoms with E-state index in [4.69, 9.17) is 4.74 Å². The maximum Gasteiger partial charge on any atom is 0.411 e. The Labute approximate surface area is 332 Å². The van der Waals surface area contributed by atoms with Gasteiger partial charge in [0.25, 0.3) is 0 Å². The van der Waals surface area contributed by atoms with E-state index in [2.05, 4.69) is 34.9 Å². The van der Waals surface area contributed by atoms with Gasteiger partial charge in [-0.1, -0.05) is 146 Å². The summed E-state index contributed by atoms with van der Waals surface area (Å²) >= 11 is 0. The van der Waals surface area contributed by atoms with Gasteiger partial charge in [0.1, 0.15) is 18.2 Å². The number of amides is 3. The van der Waals surface area contributed by atoms with Crippen LogP contribution in [0, 0.1) is 0 Å². The Balaban J connectivity index is 1.36. The molecule has 0 heterocycles. The second-order valence-electron chi connectivity index (χ2n) is 14.1. The van der Waals surface area contributed by atoms with Gasteiger partial charge in [-0.2, -0.15) is 0 Å². The van der Waals surface area contributed by atoms with E-state index in [0.29, 0.717) is 28.7 Å². The number of carbonyl (C=O) groups excluding carboxylic acids is 3. The highest BCUT2D eigenvalue weighted by Gasteiger charge is 2.50. The van der Waals surface area contributed by atoms with Crippen LogP contribution in [-0.4, -0.2) is 59.3 Å². The minimum absolute atomic E-state index is 0.00589. The monoisotopic (exact) mass is 759 g/mol. The van der Waals surface area contributed by atoms with E-state index in [1.807, 2.05) is 115 Å². The van der Waals surface area contributed by atoms with Crippen molar-refractivity contribution in [3.05, 3.63) is 191 Å². The molecule has 0 radical (unpaired) electrons. The van der Waals surface area contributed by atoms with Crippen LogP contribution in [0.15, 0.2) is 158 Å². The number of benzene rings is 6. The number of hydrogen-bond donors (Lipinski definition) is 4. The molecule has 0 fully saturated rings. The first-order valence-corrected chi connectivity index (χ1v) is 19.1. The smallest absolute Gasteiger partial charge is 0.411 e. The zero-order valence-electron chi connectivity index (χ0n) is 31.7. The van der Waals surface area contributed by atoms with E-state index < -0.39 is 23.6 Å². The van der Waals surface area contributed by atoms with Crippen molar-refractivity contribution < 1.29 is 29.3 Å². The van der Waals surface area contributed by atoms with E-state index in [-0.39, 0.29) is 49.3 Å². The predicted molar refractivity (Wildman–Crippen MR) is 220 cm³/mol. The zero-order chi connectivity index (χ0) is 39.8. The third-order valence-electron chi connectivity index (χ3n) is 10.8. The van der Waals surface area contributed by atoms with Gasteiger partial charge in [0.15, 0.2) is 11.5 Å². The van der Waals surface area contributed by atoms with Gasteiger partial charge < -0.3 is 25.6 Å². The lowest BCUT2D eigenvalue weighted by atomic mass is 9.74. The molecule has 0 spiro atoms. The number of rotatable bonds is 14. The number of carbonyl (C=O) groups is 3. The summed E-state index contributed by atoms with van der Waals surface area (Å²) < 4.78 is 6.49. The highest BCUT2D eigenvalue weighted by atomic mass is 16.6. The number of ether oxygens (including phenoxy) is 1. The van der Waals surface area contributed by atoms with Gasteiger partial charge in [-0.3, -0.25) is 14.5 Å². The molecule has 9 heteroatoms. The third kappa shape index (κ3) is 7.82. The van der Waals surface area contributed by atoms with Crippen LogP contribution in [-0.2, 0) is 26.3 Å². The molecule has 4 N–H and O–H groups in total. The maximum atomic E-state index is 15.5. The van der Waals surface area contributed by atoms with Gasteiger partial charge in [-0.25, -0.2) is 4.79 Å². The van der Waals surface area contributed by atoms with Crippen molar-refractivity contribution in [1.82, 2.24) is 15.5 Å². The van der Waals surface area contributed by atoms with E-state index in [1.165, 1.54) is 24.1 Å². The number of phenolic OH excluding ortho intramolecular Hbond substituents is 2. The van der Waals surface area contributed by atoms with Crippen LogP contribution < -0.4 is 10.6 Å². The van der Waals surface area contributed by atoms with Crippen LogP contribution in [0.2, 0.25) is 0 Å². The summed E-state index contributed by atoms with van der Waals surface area (Å²) in [6, 6.07) is 48.3. The summed E-state index contributed by atoms with van der Waals surface area (Å²) in [5.74, 6) is -1.52. The Bertz CT molecular complexity index is 2190. The lowest BCUT2D eigenvalue weighted by molar-refractivity contribution is -0.128. The molecule has 57 heavy (non-hydrogen) atoms. The first-order valence-electron chi connectivity index (χ1n) is 19.1. The summed E-state index contributed by atoms with van der Waals surface area (Å²) in [5, 5.41) is 25.6. The SMILES string of the molecule is CNC(=O)CC[C@@H](C(=O)NCCc1ccc(O)c(O)c1)N(C(=O)OCC1c2ccccc2-c2ccccc21)C(c1ccccc1)(c1ccccc1)c1ccccc1. The largest absolute Gasteiger partial charge is 0.504 e. The molecule has 288 valence electrons. The molecular formula is C48H45N3O6. The van der Waals surface area contributed by atoms with Crippen molar-refractivity contribution in [3.8, 4) is 22.6 Å². The molecule has 7 rings (SSSR count). The molecule has 1 aliphatic carbocycles. The molecular weight excluding hydrogens is 715 g/mol. The first-order chi connectivity index (χ1) is 27.8. The Morgan fingerprint density at radius 1 is 0.684 bits per heavy atom. The quantitative estimate of drug-likeness (QED) is 0.0661.